The highest BCUT2D eigenvalue weighted by Gasteiger charge is 2.43. The minimum atomic E-state index is -3.76. The van der Waals surface area contributed by atoms with Gasteiger partial charge in [0, 0.05) is 28.1 Å². The number of Topliss-reactive ketones (excluding diaryl/α,β-unsaturated/α-hetero) is 1. The number of rotatable bonds is 7. The third kappa shape index (κ3) is 4.45. The van der Waals surface area contributed by atoms with E-state index < -0.39 is 18.7 Å². The molecule has 4 aromatic carbocycles. The van der Waals surface area contributed by atoms with Crippen molar-refractivity contribution in [2.75, 3.05) is 10.6 Å². The molecule has 0 radical (unpaired) electrons. The number of anilines is 2. The van der Waals surface area contributed by atoms with Crippen molar-refractivity contribution in [2.24, 2.45) is 0 Å². The zero-order chi connectivity index (χ0) is 25.0. The predicted octanol–water partition coefficient (Wildman–Crippen LogP) is 5.47. The fraction of sp³-hybridized carbons (Fsp3) is 0. The predicted molar refractivity (Wildman–Crippen MR) is 145 cm³/mol. The molecular formula is C30H23N2O3P. The number of hydrogen-bond acceptors (Lipinski definition) is 5. The van der Waals surface area contributed by atoms with Crippen LogP contribution >= 0.6 is 7.14 Å². The van der Waals surface area contributed by atoms with Crippen LogP contribution in [0.25, 0.3) is 0 Å². The fourth-order valence-electron chi connectivity index (χ4n) is 4.17. The topological polar surface area (TPSA) is 75.3 Å². The third-order valence-corrected chi connectivity index (χ3v) is 8.98. The molecule has 0 atom stereocenters. The van der Waals surface area contributed by atoms with E-state index in [1.165, 1.54) is 6.08 Å². The lowest BCUT2D eigenvalue weighted by Crippen LogP contribution is -2.31. The SMILES string of the molecule is O=C1C=C(Nc2ccccc2)C(=O)C(P(=O)(c2ccccc2)c2ccccc2)=C1Nc1ccccc1. The highest BCUT2D eigenvalue weighted by atomic mass is 31.2. The second-order valence-electron chi connectivity index (χ2n) is 8.24. The van der Waals surface area contributed by atoms with E-state index in [1.54, 1.807) is 72.8 Å². The molecule has 0 saturated heterocycles. The normalized spacial score (nSPS) is 13.8. The zero-order valence-electron chi connectivity index (χ0n) is 19.3. The van der Waals surface area contributed by atoms with Crippen LogP contribution in [0, 0.1) is 0 Å². The van der Waals surface area contributed by atoms with Crippen LogP contribution in [0.2, 0.25) is 0 Å². The first-order valence-electron chi connectivity index (χ1n) is 11.5. The fourth-order valence-corrected chi connectivity index (χ4v) is 7.05. The molecule has 0 bridgehead atoms. The molecule has 2 N–H and O–H groups in total. The monoisotopic (exact) mass is 490 g/mol. The Balaban J connectivity index is 1.73. The maximum Gasteiger partial charge on any atom is 0.215 e. The summed E-state index contributed by atoms with van der Waals surface area (Å²) in [6, 6.07) is 35.9. The van der Waals surface area contributed by atoms with Crippen LogP contribution in [0.1, 0.15) is 0 Å². The lowest BCUT2D eigenvalue weighted by atomic mass is 10.1. The van der Waals surface area contributed by atoms with Crippen LogP contribution in [0.4, 0.5) is 11.4 Å². The standard InChI is InChI=1S/C30H23N2O3P/c33-27-21-26(31-22-13-5-1-6-14-22)29(34)30(28(27)32-23-15-7-2-8-16-23)36(35,24-17-9-3-10-18-24)25-19-11-4-12-20-25/h1-21,31-32H. The van der Waals surface area contributed by atoms with Crippen LogP contribution in [0.5, 0.6) is 0 Å². The molecule has 0 spiro atoms. The Morgan fingerprint density at radius 3 is 1.42 bits per heavy atom. The van der Waals surface area contributed by atoms with Gasteiger partial charge in [0.05, 0.1) is 11.0 Å². The molecule has 6 heteroatoms. The number of benzene rings is 4. The van der Waals surface area contributed by atoms with Crippen molar-refractivity contribution in [3.63, 3.8) is 0 Å². The van der Waals surface area contributed by atoms with Gasteiger partial charge in [0.25, 0.3) is 0 Å². The molecule has 0 heterocycles. The molecule has 176 valence electrons. The summed E-state index contributed by atoms with van der Waals surface area (Å²) in [6.45, 7) is 0. The minimum Gasteiger partial charge on any atom is -0.352 e. The second kappa shape index (κ2) is 10.0. The average Bonchev–Trinajstić information content (AvgIpc) is 2.93. The summed E-state index contributed by atoms with van der Waals surface area (Å²) in [6.07, 6.45) is 1.27. The first-order chi connectivity index (χ1) is 17.6. The Hall–Kier alpha value is -4.47. The third-order valence-electron chi connectivity index (χ3n) is 5.87. The zero-order valence-corrected chi connectivity index (χ0v) is 20.2. The van der Waals surface area contributed by atoms with Crippen molar-refractivity contribution in [3.8, 4) is 0 Å². The van der Waals surface area contributed by atoms with E-state index in [0.717, 1.165) is 0 Å². The van der Waals surface area contributed by atoms with Gasteiger partial charge in [0.2, 0.25) is 11.6 Å². The highest BCUT2D eigenvalue weighted by Crippen LogP contribution is 2.55. The molecular weight excluding hydrogens is 467 g/mol. The number of hydrogen-bond donors (Lipinski definition) is 2. The first kappa shape index (κ1) is 23.3. The second-order valence-corrected chi connectivity index (χ2v) is 10.9. The lowest BCUT2D eigenvalue weighted by molar-refractivity contribution is -0.115. The van der Waals surface area contributed by atoms with Crippen molar-refractivity contribution in [1.29, 1.82) is 0 Å². The summed E-state index contributed by atoms with van der Waals surface area (Å²) in [7, 11) is -3.76. The Morgan fingerprint density at radius 1 is 0.528 bits per heavy atom. The van der Waals surface area contributed by atoms with Crippen molar-refractivity contribution >= 4 is 40.7 Å². The van der Waals surface area contributed by atoms with E-state index in [9.17, 15) is 9.59 Å². The molecule has 0 saturated carbocycles. The summed E-state index contributed by atoms with van der Waals surface area (Å²) in [5.74, 6) is -0.924. The largest absolute Gasteiger partial charge is 0.352 e. The molecule has 5 nitrogen and oxygen atoms in total. The summed E-state index contributed by atoms with van der Waals surface area (Å²) in [5, 5.41) is 7.06. The smallest absolute Gasteiger partial charge is 0.215 e. The maximum absolute atomic E-state index is 15.2. The number of allylic oxidation sites excluding steroid dienone is 2. The lowest BCUT2D eigenvalue weighted by Gasteiger charge is -2.28. The Labute approximate surface area is 209 Å². The Bertz CT molecular complexity index is 1470. The average molecular weight is 490 g/mol. The van der Waals surface area contributed by atoms with Crippen molar-refractivity contribution in [3.05, 3.63) is 144 Å². The Morgan fingerprint density at radius 2 is 0.944 bits per heavy atom. The first-order valence-corrected chi connectivity index (χ1v) is 13.2. The molecule has 5 rings (SSSR count). The molecule has 0 amide bonds. The van der Waals surface area contributed by atoms with Crippen LogP contribution in [-0.2, 0) is 14.2 Å². The molecule has 4 aromatic rings. The van der Waals surface area contributed by atoms with Gasteiger partial charge in [-0.25, -0.2) is 0 Å². The van der Waals surface area contributed by atoms with Crippen molar-refractivity contribution in [1.82, 2.24) is 0 Å². The molecule has 0 unspecified atom stereocenters. The molecule has 0 aliphatic heterocycles. The molecule has 0 fully saturated rings. The minimum absolute atomic E-state index is 0.0147. The molecule has 36 heavy (non-hydrogen) atoms. The van der Waals surface area contributed by atoms with E-state index in [2.05, 4.69) is 10.6 Å². The van der Waals surface area contributed by atoms with Gasteiger partial charge in [0.1, 0.15) is 5.70 Å². The molecule has 1 aliphatic rings. The molecule has 0 aromatic heterocycles. The summed E-state index contributed by atoms with van der Waals surface area (Å²) in [5.41, 5.74) is 1.36. The number of carbonyl (C=O) groups excluding carboxylic acids is 2. The van der Waals surface area contributed by atoms with Gasteiger partial charge in [-0.1, -0.05) is 97.1 Å². The van der Waals surface area contributed by atoms with Crippen LogP contribution in [0.3, 0.4) is 0 Å². The van der Waals surface area contributed by atoms with Gasteiger partial charge >= 0.3 is 0 Å². The van der Waals surface area contributed by atoms with Gasteiger partial charge in [0.15, 0.2) is 7.14 Å². The van der Waals surface area contributed by atoms with E-state index in [1.807, 2.05) is 48.5 Å². The Kier molecular flexibility index (Phi) is 6.48. The van der Waals surface area contributed by atoms with Crippen LogP contribution in [0.15, 0.2) is 144 Å². The van der Waals surface area contributed by atoms with Crippen molar-refractivity contribution in [2.45, 2.75) is 0 Å². The van der Waals surface area contributed by atoms with E-state index in [4.69, 9.17) is 0 Å². The maximum atomic E-state index is 15.2. The number of carbonyl (C=O) groups is 2. The highest BCUT2D eigenvalue weighted by molar-refractivity contribution is 7.83. The van der Waals surface area contributed by atoms with Crippen LogP contribution < -0.4 is 21.2 Å². The van der Waals surface area contributed by atoms with Crippen molar-refractivity contribution < 1.29 is 14.2 Å². The number of para-hydroxylation sites is 2. The number of nitrogens with one attached hydrogen (secondary N) is 2. The molecule has 1 aliphatic carbocycles. The summed E-state index contributed by atoms with van der Waals surface area (Å²) >= 11 is 0. The van der Waals surface area contributed by atoms with E-state index in [0.29, 0.717) is 22.0 Å². The number of ketones is 2. The summed E-state index contributed by atoms with van der Waals surface area (Å²) < 4.78 is 15.2. The van der Waals surface area contributed by atoms with Gasteiger partial charge in [-0.15, -0.1) is 0 Å². The van der Waals surface area contributed by atoms with E-state index >= 15 is 4.57 Å². The summed E-state index contributed by atoms with van der Waals surface area (Å²) in [4.78, 5) is 27.7. The van der Waals surface area contributed by atoms with Gasteiger partial charge in [-0.05, 0) is 24.3 Å². The quantitative estimate of drug-likeness (QED) is 0.265. The van der Waals surface area contributed by atoms with Gasteiger partial charge in [-0.3, -0.25) is 9.59 Å². The van der Waals surface area contributed by atoms with Crippen LogP contribution in [-0.4, -0.2) is 11.6 Å². The van der Waals surface area contributed by atoms with E-state index in [-0.39, 0.29) is 16.7 Å². The van der Waals surface area contributed by atoms with Gasteiger partial charge in [-0.2, -0.15) is 0 Å². The van der Waals surface area contributed by atoms with Gasteiger partial charge < -0.3 is 15.2 Å².